The highest BCUT2D eigenvalue weighted by Gasteiger charge is 2.34. The smallest absolute Gasteiger partial charge is 0.251 e. The van der Waals surface area contributed by atoms with E-state index in [0.717, 1.165) is 0 Å². The van der Waals surface area contributed by atoms with Gasteiger partial charge in [0, 0.05) is 31.1 Å². The maximum atomic E-state index is 12.9. The fraction of sp³-hybridized carbons (Fsp3) is 0.609. The molecule has 1 heterocycles. The number of carbonyl (C=O) groups is 3. The summed E-state index contributed by atoms with van der Waals surface area (Å²) < 4.78 is 5.14. The monoisotopic (exact) mass is 417 g/mol. The van der Waals surface area contributed by atoms with Crippen LogP contribution in [0.4, 0.5) is 0 Å². The Kier molecular flexibility index (Phi) is 8.69. The number of likely N-dealkylation sites (tertiary alicyclic amines) is 1. The second kappa shape index (κ2) is 11.0. The number of rotatable bonds is 8. The van der Waals surface area contributed by atoms with Crippen LogP contribution in [0.3, 0.4) is 0 Å². The number of benzene rings is 1. The molecule has 7 heteroatoms. The van der Waals surface area contributed by atoms with Crippen molar-refractivity contribution >= 4 is 17.7 Å². The van der Waals surface area contributed by atoms with Crippen LogP contribution in [0.25, 0.3) is 0 Å². The van der Waals surface area contributed by atoms with Crippen LogP contribution in [-0.4, -0.2) is 55.4 Å². The lowest BCUT2D eigenvalue weighted by atomic mass is 9.88. The third-order valence-corrected chi connectivity index (χ3v) is 5.42. The Bertz CT molecular complexity index is 722. The van der Waals surface area contributed by atoms with Gasteiger partial charge in [0.25, 0.3) is 5.91 Å². The van der Waals surface area contributed by atoms with Crippen LogP contribution in [0.2, 0.25) is 0 Å². The molecule has 0 aliphatic carbocycles. The minimum atomic E-state index is -0.630. The van der Waals surface area contributed by atoms with Crippen LogP contribution in [0, 0.1) is 17.8 Å². The van der Waals surface area contributed by atoms with Crippen molar-refractivity contribution in [3.05, 3.63) is 29.8 Å². The fourth-order valence-corrected chi connectivity index (χ4v) is 3.60. The highest BCUT2D eigenvalue weighted by Crippen LogP contribution is 2.23. The van der Waals surface area contributed by atoms with Crippen LogP contribution in [0.5, 0.6) is 5.75 Å². The molecule has 2 rings (SSSR count). The molecule has 0 aromatic heterocycles. The first-order valence-corrected chi connectivity index (χ1v) is 10.7. The van der Waals surface area contributed by atoms with Gasteiger partial charge in [-0.1, -0.05) is 27.7 Å². The predicted molar refractivity (Wildman–Crippen MR) is 116 cm³/mol. The molecular formula is C23H35N3O4. The number of nitrogens with zero attached hydrogens (tertiary/aromatic N) is 1. The third kappa shape index (κ3) is 6.47. The first kappa shape index (κ1) is 23.7. The van der Waals surface area contributed by atoms with E-state index in [1.54, 1.807) is 31.4 Å². The fourth-order valence-electron chi connectivity index (χ4n) is 3.60. The number of amides is 3. The molecule has 0 radical (unpaired) electrons. The van der Waals surface area contributed by atoms with Gasteiger partial charge in [-0.15, -0.1) is 0 Å². The molecule has 0 saturated carbocycles. The number of piperidine rings is 1. The number of ether oxygens (including phenoxy) is 1. The van der Waals surface area contributed by atoms with E-state index in [1.807, 2.05) is 32.6 Å². The summed E-state index contributed by atoms with van der Waals surface area (Å²) in [6, 6.07) is 6.18. The van der Waals surface area contributed by atoms with Crippen molar-refractivity contribution in [2.75, 3.05) is 26.7 Å². The lowest BCUT2D eigenvalue weighted by Gasteiger charge is -2.36. The van der Waals surface area contributed by atoms with Crippen molar-refractivity contribution in [3.8, 4) is 5.75 Å². The molecule has 0 spiro atoms. The van der Waals surface area contributed by atoms with Crippen molar-refractivity contribution in [2.24, 2.45) is 17.8 Å². The zero-order chi connectivity index (χ0) is 22.3. The average Bonchev–Trinajstić information content (AvgIpc) is 2.75. The molecule has 7 nitrogen and oxygen atoms in total. The Labute approximate surface area is 179 Å². The lowest BCUT2D eigenvalue weighted by Crippen LogP contribution is -2.54. The molecule has 30 heavy (non-hydrogen) atoms. The SMILES string of the molecule is COc1ccc(C(=O)N[C@H](C(=O)NCC(C)C)C2CCN(C(=O)C(C)C)CC2)cc1. The molecule has 1 saturated heterocycles. The van der Waals surface area contributed by atoms with E-state index in [1.165, 1.54) is 0 Å². The number of carbonyl (C=O) groups excluding carboxylic acids is 3. The second-order valence-electron chi connectivity index (χ2n) is 8.64. The van der Waals surface area contributed by atoms with E-state index in [2.05, 4.69) is 10.6 Å². The van der Waals surface area contributed by atoms with Crippen LogP contribution in [-0.2, 0) is 9.59 Å². The minimum Gasteiger partial charge on any atom is -0.497 e. The van der Waals surface area contributed by atoms with Gasteiger partial charge in [0.15, 0.2) is 0 Å². The van der Waals surface area contributed by atoms with Gasteiger partial charge in [-0.25, -0.2) is 0 Å². The molecular weight excluding hydrogens is 382 g/mol. The van der Waals surface area contributed by atoms with Crippen molar-refractivity contribution in [1.29, 1.82) is 0 Å². The van der Waals surface area contributed by atoms with Crippen LogP contribution in [0.1, 0.15) is 50.9 Å². The van der Waals surface area contributed by atoms with Crippen molar-refractivity contribution in [2.45, 2.75) is 46.6 Å². The molecule has 3 amide bonds. The van der Waals surface area contributed by atoms with Gasteiger partial charge in [-0.3, -0.25) is 14.4 Å². The maximum absolute atomic E-state index is 12.9. The van der Waals surface area contributed by atoms with Crippen LogP contribution >= 0.6 is 0 Å². The Morgan fingerprint density at radius 1 is 1.07 bits per heavy atom. The zero-order valence-electron chi connectivity index (χ0n) is 18.7. The normalized spacial score (nSPS) is 15.8. The zero-order valence-corrected chi connectivity index (χ0v) is 18.7. The largest absolute Gasteiger partial charge is 0.497 e. The van der Waals surface area contributed by atoms with Gasteiger partial charge in [0.2, 0.25) is 11.8 Å². The topological polar surface area (TPSA) is 87.7 Å². The van der Waals surface area contributed by atoms with Crippen molar-refractivity contribution in [3.63, 3.8) is 0 Å². The van der Waals surface area contributed by atoms with Gasteiger partial charge in [0.1, 0.15) is 11.8 Å². The standard InChI is InChI=1S/C23H35N3O4/c1-15(2)14-24-22(28)20(17-10-12-26(13-11-17)23(29)16(3)4)25-21(27)18-6-8-19(30-5)9-7-18/h6-9,15-17,20H,10-14H2,1-5H3,(H,24,28)(H,25,27)/t20-/m0/s1. The van der Waals surface area contributed by atoms with Gasteiger partial charge >= 0.3 is 0 Å². The Morgan fingerprint density at radius 2 is 1.67 bits per heavy atom. The number of hydrogen-bond acceptors (Lipinski definition) is 4. The van der Waals surface area contributed by atoms with Gasteiger partial charge in [0.05, 0.1) is 7.11 Å². The van der Waals surface area contributed by atoms with E-state index in [4.69, 9.17) is 4.74 Å². The molecule has 0 bridgehead atoms. The number of methoxy groups -OCH3 is 1. The summed E-state index contributed by atoms with van der Waals surface area (Å²) in [5, 5.41) is 5.89. The first-order chi connectivity index (χ1) is 14.2. The number of hydrogen-bond donors (Lipinski definition) is 2. The molecule has 1 atom stereocenters. The summed E-state index contributed by atoms with van der Waals surface area (Å²) in [6.07, 6.45) is 1.36. The maximum Gasteiger partial charge on any atom is 0.251 e. The van der Waals surface area contributed by atoms with Crippen molar-refractivity contribution in [1.82, 2.24) is 15.5 Å². The van der Waals surface area contributed by atoms with E-state index in [9.17, 15) is 14.4 Å². The lowest BCUT2D eigenvalue weighted by molar-refractivity contribution is -0.136. The summed E-state index contributed by atoms with van der Waals surface area (Å²) in [6.45, 7) is 9.61. The molecule has 1 aromatic rings. The molecule has 166 valence electrons. The van der Waals surface area contributed by atoms with Crippen LogP contribution in [0.15, 0.2) is 24.3 Å². The molecule has 1 aliphatic rings. The summed E-state index contributed by atoms with van der Waals surface area (Å²) in [4.78, 5) is 39.8. The van der Waals surface area contributed by atoms with Gasteiger partial charge in [-0.2, -0.15) is 0 Å². The molecule has 2 N–H and O–H groups in total. The molecule has 0 unspecified atom stereocenters. The average molecular weight is 418 g/mol. The van der Waals surface area contributed by atoms with Gasteiger partial charge in [-0.05, 0) is 48.9 Å². The van der Waals surface area contributed by atoms with Crippen LogP contribution < -0.4 is 15.4 Å². The van der Waals surface area contributed by atoms with E-state index < -0.39 is 6.04 Å². The van der Waals surface area contributed by atoms with Gasteiger partial charge < -0.3 is 20.3 Å². The van der Waals surface area contributed by atoms with Crippen molar-refractivity contribution < 1.29 is 19.1 Å². The first-order valence-electron chi connectivity index (χ1n) is 10.7. The molecule has 1 aliphatic heterocycles. The number of nitrogens with one attached hydrogen (secondary N) is 2. The Hall–Kier alpha value is -2.57. The quantitative estimate of drug-likeness (QED) is 0.680. The van der Waals surface area contributed by atoms with E-state index in [-0.39, 0.29) is 29.6 Å². The second-order valence-corrected chi connectivity index (χ2v) is 8.64. The minimum absolute atomic E-state index is 0.0180. The summed E-state index contributed by atoms with van der Waals surface area (Å²) >= 11 is 0. The highest BCUT2D eigenvalue weighted by atomic mass is 16.5. The van der Waals surface area contributed by atoms with E-state index >= 15 is 0 Å². The summed E-state index contributed by atoms with van der Waals surface area (Å²) in [5.74, 6) is 0.605. The summed E-state index contributed by atoms with van der Waals surface area (Å²) in [5.41, 5.74) is 0.477. The Balaban J connectivity index is 2.09. The highest BCUT2D eigenvalue weighted by molar-refractivity contribution is 5.97. The molecule has 1 aromatic carbocycles. The van der Waals surface area contributed by atoms with E-state index in [0.29, 0.717) is 49.7 Å². The third-order valence-electron chi connectivity index (χ3n) is 5.42. The predicted octanol–water partition coefficient (Wildman–Crippen LogP) is 2.46. The molecule has 1 fully saturated rings. The summed E-state index contributed by atoms with van der Waals surface area (Å²) in [7, 11) is 1.57. The Morgan fingerprint density at radius 3 is 2.17 bits per heavy atom.